The maximum atomic E-state index is 14.6. The smallest absolute Gasteiger partial charge is 0.404 e. The summed E-state index contributed by atoms with van der Waals surface area (Å²) in [5.74, 6) is -0.595. The topological polar surface area (TPSA) is 99.2 Å². The van der Waals surface area contributed by atoms with Crippen molar-refractivity contribution in [3.8, 4) is 0 Å². The highest BCUT2D eigenvalue weighted by Gasteiger charge is 2.25. The van der Waals surface area contributed by atoms with E-state index in [9.17, 15) is 14.0 Å². The van der Waals surface area contributed by atoms with Crippen molar-refractivity contribution in [1.82, 2.24) is 15.1 Å². The fourth-order valence-electron chi connectivity index (χ4n) is 2.13. The zero-order valence-corrected chi connectivity index (χ0v) is 14.1. The van der Waals surface area contributed by atoms with E-state index in [1.807, 2.05) is 0 Å². The van der Waals surface area contributed by atoms with Crippen molar-refractivity contribution in [2.24, 2.45) is 11.1 Å². The number of halogens is 1. The Bertz CT molecular complexity index is 657. The minimum atomic E-state index is -0.973. The molecule has 0 unspecified atom stereocenters. The molecule has 0 aliphatic heterocycles. The van der Waals surface area contributed by atoms with Crippen molar-refractivity contribution < 1.29 is 18.7 Å². The van der Waals surface area contributed by atoms with Crippen LogP contribution in [0.25, 0.3) is 0 Å². The number of primary amides is 1. The molecule has 0 bridgehead atoms. The summed E-state index contributed by atoms with van der Waals surface area (Å²) in [5.41, 5.74) is 4.88. The van der Waals surface area contributed by atoms with Crippen molar-refractivity contribution in [2.45, 2.75) is 46.2 Å². The standard InChI is InChI=1S/C16H23FN4O3/c1-16(2,3)13(17)11(9-24-15(18)23)8-21-7-10(6-19-21)14(22)20-12-4-5-12/h6-7,12H,4-5,8-9H2,1-3H3,(H2,18,23)(H,20,22). The van der Waals surface area contributed by atoms with Gasteiger partial charge < -0.3 is 15.8 Å². The quantitative estimate of drug-likeness (QED) is 0.830. The fraction of sp³-hybridized carbons (Fsp3) is 0.562. The van der Waals surface area contributed by atoms with Crippen molar-refractivity contribution in [2.75, 3.05) is 6.61 Å². The maximum Gasteiger partial charge on any atom is 0.404 e. The highest BCUT2D eigenvalue weighted by Crippen LogP contribution is 2.30. The van der Waals surface area contributed by atoms with Crippen LogP contribution in [0.4, 0.5) is 9.18 Å². The van der Waals surface area contributed by atoms with Crippen molar-refractivity contribution in [3.63, 3.8) is 0 Å². The van der Waals surface area contributed by atoms with Gasteiger partial charge in [0.25, 0.3) is 5.91 Å². The van der Waals surface area contributed by atoms with Crippen LogP contribution in [-0.4, -0.2) is 34.4 Å². The molecule has 3 N–H and O–H groups in total. The molecule has 1 aromatic rings. The first-order chi connectivity index (χ1) is 11.2. The number of aromatic nitrogens is 2. The van der Waals surface area contributed by atoms with Crippen LogP contribution in [0.3, 0.4) is 0 Å². The summed E-state index contributed by atoms with van der Waals surface area (Å²) in [5, 5.41) is 6.94. The number of amides is 2. The predicted octanol–water partition coefficient (Wildman–Crippen LogP) is 2.14. The van der Waals surface area contributed by atoms with Gasteiger partial charge in [-0.05, 0) is 12.8 Å². The summed E-state index contributed by atoms with van der Waals surface area (Å²) in [4.78, 5) is 22.8. The Kier molecular flexibility index (Phi) is 5.26. The van der Waals surface area contributed by atoms with Gasteiger partial charge in [0, 0.05) is 23.2 Å². The number of hydrogen-bond donors (Lipinski definition) is 2. The van der Waals surface area contributed by atoms with Crippen LogP contribution >= 0.6 is 0 Å². The third-order valence-corrected chi connectivity index (χ3v) is 3.52. The lowest BCUT2D eigenvalue weighted by Crippen LogP contribution is -2.25. The monoisotopic (exact) mass is 338 g/mol. The van der Waals surface area contributed by atoms with Gasteiger partial charge in [0.15, 0.2) is 0 Å². The number of nitrogens with one attached hydrogen (secondary N) is 1. The van der Waals surface area contributed by atoms with Crippen LogP contribution in [-0.2, 0) is 11.3 Å². The molecule has 2 rings (SSSR count). The SMILES string of the molecule is CC(C)(C)C(F)=C(COC(N)=O)Cn1cc(C(=O)NC2CC2)cn1. The summed E-state index contributed by atoms with van der Waals surface area (Å²) >= 11 is 0. The first kappa shape index (κ1) is 18.0. The van der Waals surface area contributed by atoms with Crippen molar-refractivity contribution in [3.05, 3.63) is 29.4 Å². The van der Waals surface area contributed by atoms with Gasteiger partial charge in [-0.1, -0.05) is 20.8 Å². The number of carbonyl (C=O) groups is 2. The number of nitrogens with zero attached hydrogens (tertiary/aromatic N) is 2. The average Bonchev–Trinajstić information content (AvgIpc) is 3.16. The van der Waals surface area contributed by atoms with Crippen molar-refractivity contribution >= 4 is 12.0 Å². The molecular weight excluding hydrogens is 315 g/mol. The Morgan fingerprint density at radius 2 is 2.12 bits per heavy atom. The molecule has 132 valence electrons. The number of carbonyl (C=O) groups excluding carboxylic acids is 2. The zero-order valence-electron chi connectivity index (χ0n) is 14.1. The molecule has 0 aromatic carbocycles. The van der Waals surface area contributed by atoms with Gasteiger partial charge >= 0.3 is 6.09 Å². The first-order valence-electron chi connectivity index (χ1n) is 7.80. The molecule has 1 aliphatic carbocycles. The molecule has 0 atom stereocenters. The van der Waals surface area contributed by atoms with E-state index in [2.05, 4.69) is 10.4 Å². The molecule has 1 aliphatic rings. The number of ether oxygens (including phenoxy) is 1. The fourth-order valence-corrected chi connectivity index (χ4v) is 2.13. The second-order valence-electron chi connectivity index (χ2n) is 6.95. The largest absolute Gasteiger partial charge is 0.445 e. The Morgan fingerprint density at radius 3 is 2.67 bits per heavy atom. The highest BCUT2D eigenvalue weighted by molar-refractivity contribution is 5.94. The third-order valence-electron chi connectivity index (χ3n) is 3.52. The Morgan fingerprint density at radius 1 is 1.46 bits per heavy atom. The van der Waals surface area contributed by atoms with E-state index >= 15 is 0 Å². The summed E-state index contributed by atoms with van der Waals surface area (Å²) in [6.45, 7) is 4.94. The van der Waals surface area contributed by atoms with Gasteiger partial charge in [0.2, 0.25) is 0 Å². The normalized spacial score (nSPS) is 15.7. The van der Waals surface area contributed by atoms with Gasteiger partial charge in [-0.25, -0.2) is 9.18 Å². The van der Waals surface area contributed by atoms with E-state index in [1.165, 1.54) is 17.1 Å². The van der Waals surface area contributed by atoms with Gasteiger partial charge in [-0.2, -0.15) is 5.10 Å². The molecule has 1 heterocycles. The first-order valence-corrected chi connectivity index (χ1v) is 7.80. The van der Waals surface area contributed by atoms with Crippen LogP contribution in [0, 0.1) is 5.41 Å². The maximum absolute atomic E-state index is 14.6. The van der Waals surface area contributed by atoms with Gasteiger partial charge in [-0.15, -0.1) is 0 Å². The minimum absolute atomic E-state index is 0.0626. The lowest BCUT2D eigenvalue weighted by molar-refractivity contribution is 0.0951. The lowest BCUT2D eigenvalue weighted by Gasteiger charge is -2.20. The van der Waals surface area contributed by atoms with Gasteiger partial charge in [-0.3, -0.25) is 9.48 Å². The molecule has 0 radical (unpaired) electrons. The van der Waals surface area contributed by atoms with E-state index in [4.69, 9.17) is 10.5 Å². The van der Waals surface area contributed by atoms with Gasteiger partial charge in [0.1, 0.15) is 12.4 Å². The van der Waals surface area contributed by atoms with Crippen LogP contribution in [0.5, 0.6) is 0 Å². The Balaban J connectivity index is 2.12. The molecule has 1 fully saturated rings. The van der Waals surface area contributed by atoms with E-state index in [-0.39, 0.29) is 30.7 Å². The average molecular weight is 338 g/mol. The van der Waals surface area contributed by atoms with Crippen LogP contribution < -0.4 is 11.1 Å². The second-order valence-corrected chi connectivity index (χ2v) is 6.95. The minimum Gasteiger partial charge on any atom is -0.445 e. The predicted molar refractivity (Wildman–Crippen MR) is 85.8 cm³/mol. The van der Waals surface area contributed by atoms with Gasteiger partial charge in [0.05, 0.1) is 18.3 Å². The van der Waals surface area contributed by atoms with Crippen LogP contribution in [0.1, 0.15) is 44.0 Å². The third kappa shape index (κ3) is 5.07. The molecule has 0 saturated heterocycles. The lowest BCUT2D eigenvalue weighted by atomic mass is 9.92. The van der Waals surface area contributed by atoms with E-state index < -0.39 is 17.3 Å². The molecule has 0 spiro atoms. The molecule has 24 heavy (non-hydrogen) atoms. The molecular formula is C16H23FN4O3. The highest BCUT2D eigenvalue weighted by atomic mass is 19.1. The Labute approximate surface area is 140 Å². The number of hydrogen-bond acceptors (Lipinski definition) is 4. The van der Waals surface area contributed by atoms with Crippen LogP contribution in [0.15, 0.2) is 23.8 Å². The number of rotatable bonds is 6. The summed E-state index contributed by atoms with van der Waals surface area (Å²) in [6, 6.07) is 0.249. The number of nitrogens with two attached hydrogens (primary N) is 1. The molecule has 7 nitrogen and oxygen atoms in total. The van der Waals surface area contributed by atoms with E-state index in [1.54, 1.807) is 20.8 Å². The van der Waals surface area contributed by atoms with E-state index in [0.29, 0.717) is 5.56 Å². The van der Waals surface area contributed by atoms with Crippen molar-refractivity contribution in [1.29, 1.82) is 0 Å². The molecule has 2 amide bonds. The molecule has 1 aromatic heterocycles. The summed E-state index contributed by atoms with van der Waals surface area (Å²) in [6.07, 6.45) is 3.98. The Hall–Kier alpha value is -2.38. The second kappa shape index (κ2) is 7.02. The number of allylic oxidation sites excluding steroid dienone is 1. The van der Waals surface area contributed by atoms with E-state index in [0.717, 1.165) is 12.8 Å². The molecule has 1 saturated carbocycles. The van der Waals surface area contributed by atoms with Crippen LogP contribution in [0.2, 0.25) is 0 Å². The summed E-state index contributed by atoms with van der Waals surface area (Å²) in [7, 11) is 0. The summed E-state index contributed by atoms with van der Waals surface area (Å²) < 4.78 is 20.7. The molecule has 8 heteroatoms. The zero-order chi connectivity index (χ0) is 17.9.